The number of rotatable bonds is 3. The number of hydrogen-bond donors (Lipinski definition) is 1. The molecule has 0 amide bonds. The van der Waals surface area contributed by atoms with E-state index in [9.17, 15) is 9.59 Å². The number of hydrogen-bond acceptors (Lipinski definition) is 5. The summed E-state index contributed by atoms with van der Waals surface area (Å²) >= 11 is 0. The molecule has 1 N–H and O–H groups in total. The van der Waals surface area contributed by atoms with E-state index in [0.29, 0.717) is 6.54 Å². The Bertz CT molecular complexity index is 632. The van der Waals surface area contributed by atoms with Crippen molar-refractivity contribution in [2.24, 2.45) is 14.1 Å². The highest BCUT2D eigenvalue weighted by molar-refractivity contribution is 5.51. The Labute approximate surface area is 110 Å². The van der Waals surface area contributed by atoms with Crippen molar-refractivity contribution in [2.45, 2.75) is 18.9 Å². The van der Waals surface area contributed by atoms with Gasteiger partial charge in [0.15, 0.2) is 5.56 Å². The number of nitrogens with one attached hydrogen (secondary N) is 1. The molecule has 1 aliphatic rings. The van der Waals surface area contributed by atoms with Crippen LogP contribution in [-0.2, 0) is 18.8 Å². The summed E-state index contributed by atoms with van der Waals surface area (Å²) in [5.41, 5.74) is -1.10. The summed E-state index contributed by atoms with van der Waals surface area (Å²) in [5, 5.41) is 12.1. The van der Waals surface area contributed by atoms with Gasteiger partial charge >= 0.3 is 5.69 Å². The number of aromatic nitrogens is 2. The molecule has 1 aromatic heterocycles. The van der Waals surface area contributed by atoms with Crippen molar-refractivity contribution in [3.05, 3.63) is 26.4 Å². The van der Waals surface area contributed by atoms with Gasteiger partial charge in [0.2, 0.25) is 0 Å². The van der Waals surface area contributed by atoms with Gasteiger partial charge in [-0.2, -0.15) is 5.26 Å². The minimum atomic E-state index is -0.583. The highest BCUT2D eigenvalue weighted by Gasteiger charge is 2.19. The summed E-state index contributed by atoms with van der Waals surface area (Å²) in [5.74, 6) is 0.256. The highest BCUT2D eigenvalue weighted by Crippen LogP contribution is 2.14. The fraction of sp³-hybridized carbons (Fsp3) is 0.583. The van der Waals surface area contributed by atoms with E-state index in [1.54, 1.807) is 0 Å². The van der Waals surface area contributed by atoms with Crippen molar-refractivity contribution < 1.29 is 4.74 Å². The summed E-state index contributed by atoms with van der Waals surface area (Å²) in [6.45, 7) is 1.21. The Morgan fingerprint density at radius 1 is 1.42 bits per heavy atom. The predicted octanol–water partition coefficient (Wildman–Crippen LogP) is -0.453. The van der Waals surface area contributed by atoms with Crippen LogP contribution in [0.5, 0.6) is 0 Å². The van der Waals surface area contributed by atoms with Gasteiger partial charge < -0.3 is 10.1 Å². The maximum atomic E-state index is 11.8. The summed E-state index contributed by atoms with van der Waals surface area (Å²) in [6, 6.07) is 1.85. The maximum Gasteiger partial charge on any atom is 0.332 e. The fourth-order valence-corrected chi connectivity index (χ4v) is 2.17. The van der Waals surface area contributed by atoms with Crippen LogP contribution >= 0.6 is 0 Å². The van der Waals surface area contributed by atoms with E-state index in [1.807, 2.05) is 6.07 Å². The van der Waals surface area contributed by atoms with Crippen LogP contribution in [0.4, 0.5) is 5.82 Å². The Morgan fingerprint density at radius 3 is 2.74 bits per heavy atom. The Hall–Kier alpha value is -2.07. The van der Waals surface area contributed by atoms with Crippen molar-refractivity contribution >= 4 is 5.82 Å². The number of nitriles is 1. The van der Waals surface area contributed by atoms with Crippen molar-refractivity contribution in [3.8, 4) is 6.07 Å². The molecule has 102 valence electrons. The Balaban J connectivity index is 2.36. The molecule has 0 bridgehead atoms. The van der Waals surface area contributed by atoms with Gasteiger partial charge in [-0.1, -0.05) is 0 Å². The zero-order valence-corrected chi connectivity index (χ0v) is 11.0. The monoisotopic (exact) mass is 264 g/mol. The molecule has 2 rings (SSSR count). The van der Waals surface area contributed by atoms with Crippen LogP contribution in [0.1, 0.15) is 18.4 Å². The van der Waals surface area contributed by atoms with Crippen LogP contribution in [0.2, 0.25) is 0 Å². The van der Waals surface area contributed by atoms with E-state index in [0.717, 1.165) is 24.0 Å². The maximum absolute atomic E-state index is 11.8. The normalized spacial score (nSPS) is 18.3. The summed E-state index contributed by atoms with van der Waals surface area (Å²) in [6.07, 6.45) is 2.01. The van der Waals surface area contributed by atoms with Gasteiger partial charge in [-0.05, 0) is 12.8 Å². The quantitative estimate of drug-likeness (QED) is 0.798. The largest absolute Gasteiger partial charge is 0.376 e. The highest BCUT2D eigenvalue weighted by atomic mass is 16.5. The molecule has 19 heavy (non-hydrogen) atoms. The molecule has 1 atom stereocenters. The summed E-state index contributed by atoms with van der Waals surface area (Å²) in [4.78, 5) is 23.7. The second-order valence-electron chi connectivity index (χ2n) is 4.56. The first-order chi connectivity index (χ1) is 9.06. The molecule has 0 aromatic carbocycles. The molecule has 7 nitrogen and oxygen atoms in total. The lowest BCUT2D eigenvalue weighted by Gasteiger charge is -2.16. The van der Waals surface area contributed by atoms with Gasteiger partial charge in [0, 0.05) is 27.2 Å². The van der Waals surface area contributed by atoms with Crippen molar-refractivity contribution in [3.63, 3.8) is 0 Å². The second kappa shape index (κ2) is 5.28. The van der Waals surface area contributed by atoms with E-state index in [1.165, 1.54) is 18.7 Å². The molecule has 1 aromatic rings. The van der Waals surface area contributed by atoms with Crippen LogP contribution in [0.25, 0.3) is 0 Å². The Kier molecular flexibility index (Phi) is 3.71. The number of nitrogens with zero attached hydrogens (tertiary/aromatic N) is 3. The molecule has 0 spiro atoms. The van der Waals surface area contributed by atoms with E-state index >= 15 is 0 Å². The average Bonchev–Trinajstić information content (AvgIpc) is 2.92. The van der Waals surface area contributed by atoms with Gasteiger partial charge in [-0.3, -0.25) is 13.9 Å². The van der Waals surface area contributed by atoms with Gasteiger partial charge in [-0.15, -0.1) is 0 Å². The molecule has 2 heterocycles. The van der Waals surface area contributed by atoms with E-state index in [4.69, 9.17) is 10.00 Å². The molecule has 0 aliphatic carbocycles. The second-order valence-corrected chi connectivity index (χ2v) is 4.56. The lowest BCUT2D eigenvalue weighted by Crippen LogP contribution is -2.40. The molecule has 1 unspecified atom stereocenters. The molecule has 1 saturated heterocycles. The van der Waals surface area contributed by atoms with Crippen LogP contribution in [0.3, 0.4) is 0 Å². The SMILES string of the molecule is Cn1c(NCC2CCCO2)c(C#N)c(=O)n(C)c1=O. The van der Waals surface area contributed by atoms with Crippen LogP contribution in [0, 0.1) is 11.3 Å². The first kappa shape index (κ1) is 13.4. The van der Waals surface area contributed by atoms with E-state index < -0.39 is 11.2 Å². The lowest BCUT2D eigenvalue weighted by atomic mass is 10.2. The van der Waals surface area contributed by atoms with Crippen LogP contribution in [0.15, 0.2) is 9.59 Å². The van der Waals surface area contributed by atoms with Gasteiger partial charge in [0.05, 0.1) is 6.10 Å². The number of anilines is 1. The fourth-order valence-electron chi connectivity index (χ4n) is 2.17. The third-order valence-electron chi connectivity index (χ3n) is 3.30. The predicted molar refractivity (Wildman–Crippen MR) is 69.1 cm³/mol. The van der Waals surface area contributed by atoms with Crippen molar-refractivity contribution in [2.75, 3.05) is 18.5 Å². The summed E-state index contributed by atoms with van der Waals surface area (Å²) in [7, 11) is 2.88. The first-order valence-electron chi connectivity index (χ1n) is 6.12. The number of ether oxygens (including phenoxy) is 1. The zero-order chi connectivity index (χ0) is 14.0. The molecule has 0 radical (unpaired) electrons. The average molecular weight is 264 g/mol. The van der Waals surface area contributed by atoms with E-state index in [2.05, 4.69) is 5.32 Å². The minimum Gasteiger partial charge on any atom is -0.376 e. The molecule has 7 heteroatoms. The van der Waals surface area contributed by atoms with Crippen molar-refractivity contribution in [1.29, 1.82) is 5.26 Å². The van der Waals surface area contributed by atoms with Gasteiger partial charge in [0.1, 0.15) is 11.9 Å². The lowest BCUT2D eigenvalue weighted by molar-refractivity contribution is 0.120. The third kappa shape index (κ3) is 2.39. The van der Waals surface area contributed by atoms with Crippen molar-refractivity contribution in [1.82, 2.24) is 9.13 Å². The van der Waals surface area contributed by atoms with Gasteiger partial charge in [-0.25, -0.2) is 4.79 Å². The smallest absolute Gasteiger partial charge is 0.332 e. The molecular weight excluding hydrogens is 248 g/mol. The molecular formula is C12H16N4O3. The van der Waals surface area contributed by atoms with Gasteiger partial charge in [0.25, 0.3) is 5.56 Å². The Morgan fingerprint density at radius 2 is 2.16 bits per heavy atom. The topological polar surface area (TPSA) is 89.1 Å². The third-order valence-corrected chi connectivity index (χ3v) is 3.30. The first-order valence-corrected chi connectivity index (χ1v) is 6.12. The zero-order valence-electron chi connectivity index (χ0n) is 11.0. The molecule has 1 aliphatic heterocycles. The van der Waals surface area contributed by atoms with E-state index in [-0.39, 0.29) is 17.5 Å². The van der Waals surface area contributed by atoms with Crippen LogP contribution in [-0.4, -0.2) is 28.4 Å². The molecule has 0 saturated carbocycles. The van der Waals surface area contributed by atoms with Crippen LogP contribution < -0.4 is 16.6 Å². The minimum absolute atomic E-state index is 0.0532. The summed E-state index contributed by atoms with van der Waals surface area (Å²) < 4.78 is 7.66. The standard InChI is InChI=1S/C12H16N4O3/c1-15-10(14-7-8-4-3-5-19-8)9(6-13)11(17)16(2)12(15)18/h8,14H,3-5,7H2,1-2H3. The molecule has 1 fully saturated rings.